The second-order valence-corrected chi connectivity index (χ2v) is 3.63. The fourth-order valence-electron chi connectivity index (χ4n) is 1.58. The monoisotopic (exact) mass is 271 g/mol. The summed E-state index contributed by atoms with van der Waals surface area (Å²) in [5.74, 6) is 0. The summed E-state index contributed by atoms with van der Waals surface area (Å²) < 4.78 is 24.8. The Labute approximate surface area is 107 Å². The number of nitriles is 1. The van der Waals surface area contributed by atoms with E-state index in [9.17, 15) is 18.9 Å². The summed E-state index contributed by atoms with van der Waals surface area (Å²) in [5, 5.41) is 28.3. The van der Waals surface area contributed by atoms with Crippen LogP contribution in [0.1, 0.15) is 5.56 Å². The van der Waals surface area contributed by atoms with Gasteiger partial charge in [-0.25, -0.2) is 8.78 Å². The highest BCUT2D eigenvalue weighted by atomic mass is 19.3. The molecule has 0 aliphatic rings. The average molecular weight is 271 g/mol. The van der Waals surface area contributed by atoms with Gasteiger partial charge >= 0.3 is 0 Å². The Balaban J connectivity index is 3.14. The molecule has 0 aliphatic carbocycles. The lowest BCUT2D eigenvalue weighted by atomic mass is 10.1. The molecular weight excluding hydrogens is 260 g/mol. The van der Waals surface area contributed by atoms with E-state index in [-0.39, 0.29) is 24.4 Å². The van der Waals surface area contributed by atoms with E-state index in [4.69, 9.17) is 10.4 Å². The van der Waals surface area contributed by atoms with Gasteiger partial charge < -0.3 is 10.0 Å². The van der Waals surface area contributed by atoms with Crippen LogP contribution in [-0.2, 0) is 0 Å². The van der Waals surface area contributed by atoms with Gasteiger partial charge in [0.25, 0.3) is 12.1 Å². The SMILES string of the molecule is N#Cc1ccc(N(CCO)CC(F)F)cc1[N+](=O)[O-]. The van der Waals surface area contributed by atoms with E-state index in [1.54, 1.807) is 6.07 Å². The molecule has 1 N–H and O–H groups in total. The molecule has 0 spiro atoms. The lowest BCUT2D eigenvalue weighted by molar-refractivity contribution is -0.385. The van der Waals surface area contributed by atoms with Crippen molar-refractivity contribution in [2.45, 2.75) is 6.43 Å². The van der Waals surface area contributed by atoms with Crippen molar-refractivity contribution in [2.75, 3.05) is 24.6 Å². The van der Waals surface area contributed by atoms with E-state index >= 15 is 0 Å². The number of benzene rings is 1. The molecule has 1 aromatic rings. The highest BCUT2D eigenvalue weighted by Gasteiger charge is 2.18. The third-order valence-electron chi connectivity index (χ3n) is 2.39. The number of halogens is 2. The molecule has 0 atom stereocenters. The van der Waals surface area contributed by atoms with Crippen LogP contribution in [0.5, 0.6) is 0 Å². The van der Waals surface area contributed by atoms with Gasteiger partial charge in [0.1, 0.15) is 11.6 Å². The minimum Gasteiger partial charge on any atom is -0.395 e. The van der Waals surface area contributed by atoms with Crippen LogP contribution in [0, 0.1) is 21.4 Å². The topological polar surface area (TPSA) is 90.4 Å². The van der Waals surface area contributed by atoms with Crippen LogP contribution >= 0.6 is 0 Å². The maximum absolute atomic E-state index is 12.4. The molecule has 0 saturated heterocycles. The van der Waals surface area contributed by atoms with Crippen molar-refractivity contribution in [2.24, 2.45) is 0 Å². The molecule has 0 fully saturated rings. The summed E-state index contributed by atoms with van der Waals surface area (Å²) in [4.78, 5) is 11.1. The third-order valence-corrected chi connectivity index (χ3v) is 2.39. The standard InChI is InChI=1S/C11H11F2N3O3/c12-11(13)7-15(3-4-17)9-2-1-8(6-14)10(5-9)16(18)19/h1-2,5,11,17H,3-4,7H2. The largest absolute Gasteiger partial charge is 0.395 e. The first kappa shape index (κ1) is 14.8. The second kappa shape index (κ2) is 6.61. The molecule has 1 rings (SSSR count). The number of alkyl halides is 2. The zero-order chi connectivity index (χ0) is 14.4. The number of hydrogen-bond donors (Lipinski definition) is 1. The first-order valence-corrected chi connectivity index (χ1v) is 5.32. The van der Waals surface area contributed by atoms with Gasteiger partial charge in [-0.15, -0.1) is 0 Å². The fraction of sp³-hybridized carbons (Fsp3) is 0.364. The van der Waals surface area contributed by atoms with Gasteiger partial charge in [-0.1, -0.05) is 0 Å². The van der Waals surface area contributed by atoms with Gasteiger partial charge in [0.2, 0.25) is 0 Å². The summed E-state index contributed by atoms with van der Waals surface area (Å²) in [6.45, 7) is -1.09. The molecule has 0 saturated carbocycles. The lowest BCUT2D eigenvalue weighted by Gasteiger charge is -2.23. The molecule has 1 aromatic carbocycles. The van der Waals surface area contributed by atoms with Crippen molar-refractivity contribution >= 4 is 11.4 Å². The molecule has 19 heavy (non-hydrogen) atoms. The molecule has 0 heterocycles. The van der Waals surface area contributed by atoms with E-state index in [0.29, 0.717) is 0 Å². The maximum atomic E-state index is 12.4. The van der Waals surface area contributed by atoms with Crippen molar-refractivity contribution in [3.63, 3.8) is 0 Å². The number of nitro benzene ring substituents is 1. The number of hydrogen-bond acceptors (Lipinski definition) is 5. The van der Waals surface area contributed by atoms with Crippen molar-refractivity contribution in [1.29, 1.82) is 5.26 Å². The quantitative estimate of drug-likeness (QED) is 0.626. The Kier molecular flexibility index (Phi) is 5.14. The highest BCUT2D eigenvalue weighted by molar-refractivity contribution is 5.60. The molecule has 0 aliphatic heterocycles. The Morgan fingerprint density at radius 1 is 1.53 bits per heavy atom. The van der Waals surface area contributed by atoms with Crippen LogP contribution < -0.4 is 4.90 Å². The molecule has 0 amide bonds. The lowest BCUT2D eigenvalue weighted by Crippen LogP contribution is -2.31. The molecular formula is C11H11F2N3O3. The van der Waals surface area contributed by atoms with E-state index < -0.39 is 23.6 Å². The predicted molar refractivity (Wildman–Crippen MR) is 63.1 cm³/mol. The number of nitro groups is 1. The van der Waals surface area contributed by atoms with E-state index in [2.05, 4.69) is 0 Å². The van der Waals surface area contributed by atoms with Gasteiger partial charge in [0, 0.05) is 18.3 Å². The molecule has 6 nitrogen and oxygen atoms in total. The van der Waals surface area contributed by atoms with E-state index in [0.717, 1.165) is 11.0 Å². The summed E-state index contributed by atoms with van der Waals surface area (Å²) in [5.41, 5.74) is -0.424. The third kappa shape index (κ3) is 3.86. The normalized spacial score (nSPS) is 10.3. The van der Waals surface area contributed by atoms with Crippen LogP contribution in [0.4, 0.5) is 20.2 Å². The molecule has 0 aromatic heterocycles. The van der Waals surface area contributed by atoms with E-state index in [1.807, 2.05) is 0 Å². The van der Waals surface area contributed by atoms with Crippen molar-refractivity contribution < 1.29 is 18.8 Å². The molecule has 8 heteroatoms. The summed E-state index contributed by atoms with van der Waals surface area (Å²) >= 11 is 0. The highest BCUT2D eigenvalue weighted by Crippen LogP contribution is 2.25. The average Bonchev–Trinajstić information content (AvgIpc) is 2.37. The smallest absolute Gasteiger partial charge is 0.289 e. The first-order valence-electron chi connectivity index (χ1n) is 5.32. The summed E-state index contributed by atoms with van der Waals surface area (Å²) in [6, 6.07) is 5.24. The van der Waals surface area contributed by atoms with Gasteiger partial charge in [0.05, 0.1) is 18.1 Å². The van der Waals surface area contributed by atoms with E-state index in [1.165, 1.54) is 12.1 Å². The summed E-state index contributed by atoms with van der Waals surface area (Å²) in [6.07, 6.45) is -2.64. The van der Waals surface area contributed by atoms with Crippen LogP contribution in [0.2, 0.25) is 0 Å². The van der Waals surface area contributed by atoms with Crippen LogP contribution in [-0.4, -0.2) is 36.2 Å². The van der Waals surface area contributed by atoms with Crippen molar-refractivity contribution in [1.82, 2.24) is 0 Å². The van der Waals surface area contributed by atoms with Crippen LogP contribution in [0.15, 0.2) is 18.2 Å². The number of aliphatic hydroxyl groups is 1. The fourth-order valence-corrected chi connectivity index (χ4v) is 1.58. The zero-order valence-electron chi connectivity index (χ0n) is 9.79. The Morgan fingerprint density at radius 3 is 2.68 bits per heavy atom. The van der Waals surface area contributed by atoms with Gasteiger partial charge in [-0.3, -0.25) is 10.1 Å². The van der Waals surface area contributed by atoms with Crippen LogP contribution in [0.3, 0.4) is 0 Å². The summed E-state index contributed by atoms with van der Waals surface area (Å²) in [7, 11) is 0. The van der Waals surface area contributed by atoms with Crippen LogP contribution in [0.25, 0.3) is 0 Å². The molecule has 0 radical (unpaired) electrons. The Hall–Kier alpha value is -2.27. The van der Waals surface area contributed by atoms with Gasteiger partial charge in [-0.2, -0.15) is 5.26 Å². The molecule has 0 unspecified atom stereocenters. The number of nitrogens with zero attached hydrogens (tertiary/aromatic N) is 3. The first-order chi connectivity index (χ1) is 8.99. The predicted octanol–water partition coefficient (Wildman–Crippen LogP) is 1.53. The van der Waals surface area contributed by atoms with Crippen molar-refractivity contribution in [3.05, 3.63) is 33.9 Å². The maximum Gasteiger partial charge on any atom is 0.289 e. The minimum absolute atomic E-state index is 0.0760. The van der Waals surface area contributed by atoms with Crippen molar-refractivity contribution in [3.8, 4) is 6.07 Å². The molecule has 0 bridgehead atoms. The Bertz CT molecular complexity index is 502. The van der Waals surface area contributed by atoms with Gasteiger partial charge in [0.15, 0.2) is 0 Å². The minimum atomic E-state index is -2.64. The molecule has 102 valence electrons. The number of aliphatic hydroxyl groups excluding tert-OH is 1. The van der Waals surface area contributed by atoms with Gasteiger partial charge in [-0.05, 0) is 12.1 Å². The Morgan fingerprint density at radius 2 is 2.21 bits per heavy atom. The second-order valence-electron chi connectivity index (χ2n) is 3.63. The zero-order valence-corrected chi connectivity index (χ0v) is 9.79. The number of rotatable bonds is 6. The number of anilines is 1.